The van der Waals surface area contributed by atoms with Crippen LogP contribution in [0.1, 0.15) is 30.4 Å². The van der Waals surface area contributed by atoms with Crippen molar-refractivity contribution in [2.45, 2.75) is 43.4 Å². The second-order valence-corrected chi connectivity index (χ2v) is 8.34. The number of rotatable bonds is 4. The SMILES string of the molecule is COc1ccc2c3c1O[C@H]1CC(O)C=C[C@@]31CC[N+](C)(CCCCl)C2. The van der Waals surface area contributed by atoms with Crippen LogP contribution in [0.25, 0.3) is 0 Å². The van der Waals surface area contributed by atoms with Gasteiger partial charge in [0.05, 0.1) is 38.8 Å². The zero-order chi connectivity index (χ0) is 17.7. The lowest BCUT2D eigenvalue weighted by molar-refractivity contribution is -0.922. The Morgan fingerprint density at radius 1 is 1.44 bits per heavy atom. The van der Waals surface area contributed by atoms with Crippen LogP contribution in [0.3, 0.4) is 0 Å². The number of hydrogen-bond acceptors (Lipinski definition) is 3. The minimum absolute atomic E-state index is 0.0165. The quantitative estimate of drug-likeness (QED) is 0.507. The highest BCUT2D eigenvalue weighted by molar-refractivity contribution is 6.17. The fourth-order valence-corrected chi connectivity index (χ4v) is 5.03. The van der Waals surface area contributed by atoms with E-state index in [0.717, 1.165) is 48.5 Å². The summed E-state index contributed by atoms with van der Waals surface area (Å²) in [6.07, 6.45) is 6.39. The van der Waals surface area contributed by atoms with Gasteiger partial charge in [0.2, 0.25) is 0 Å². The summed E-state index contributed by atoms with van der Waals surface area (Å²) in [7, 11) is 4.02. The van der Waals surface area contributed by atoms with Crippen molar-refractivity contribution < 1.29 is 19.1 Å². The van der Waals surface area contributed by atoms with Crippen LogP contribution in [0, 0.1) is 0 Å². The maximum absolute atomic E-state index is 10.1. The summed E-state index contributed by atoms with van der Waals surface area (Å²) in [5, 5.41) is 10.1. The topological polar surface area (TPSA) is 38.7 Å². The van der Waals surface area contributed by atoms with Gasteiger partial charge in [0, 0.05) is 36.3 Å². The average molecular weight is 365 g/mol. The van der Waals surface area contributed by atoms with Crippen LogP contribution in [0.2, 0.25) is 0 Å². The zero-order valence-corrected chi connectivity index (χ0v) is 15.8. The van der Waals surface area contributed by atoms with Crippen molar-refractivity contribution in [1.29, 1.82) is 0 Å². The van der Waals surface area contributed by atoms with Crippen molar-refractivity contribution in [3.05, 3.63) is 35.4 Å². The molecule has 2 unspecified atom stereocenters. The Balaban J connectivity index is 1.84. The Hall–Kier alpha value is -1.23. The number of hydrogen-bond donors (Lipinski definition) is 1. The fourth-order valence-electron chi connectivity index (χ4n) is 4.91. The molecule has 1 spiro atoms. The van der Waals surface area contributed by atoms with Crippen molar-refractivity contribution in [1.82, 2.24) is 0 Å². The highest BCUT2D eigenvalue weighted by atomic mass is 35.5. The largest absolute Gasteiger partial charge is 0.493 e. The lowest BCUT2D eigenvalue weighted by atomic mass is 9.69. The molecule has 1 N–H and O–H groups in total. The molecule has 0 bridgehead atoms. The lowest BCUT2D eigenvalue weighted by Gasteiger charge is -2.37. The van der Waals surface area contributed by atoms with Gasteiger partial charge in [0.25, 0.3) is 0 Å². The van der Waals surface area contributed by atoms with Crippen LogP contribution in [-0.2, 0) is 12.0 Å². The van der Waals surface area contributed by atoms with Gasteiger partial charge in [0.1, 0.15) is 12.6 Å². The number of nitrogens with zero attached hydrogens (tertiary/aromatic N) is 1. The van der Waals surface area contributed by atoms with Gasteiger partial charge in [-0.05, 0) is 12.1 Å². The number of ether oxygens (including phenoxy) is 2. The molecule has 0 aromatic heterocycles. The summed E-state index contributed by atoms with van der Waals surface area (Å²) in [6.45, 7) is 3.14. The summed E-state index contributed by atoms with van der Waals surface area (Å²) in [4.78, 5) is 0. The van der Waals surface area contributed by atoms with E-state index in [1.807, 2.05) is 12.1 Å². The highest BCUT2D eigenvalue weighted by Crippen LogP contribution is 2.56. The van der Waals surface area contributed by atoms with Crippen molar-refractivity contribution in [3.8, 4) is 11.5 Å². The van der Waals surface area contributed by atoms with E-state index in [2.05, 4.69) is 19.2 Å². The molecular weight excluding hydrogens is 338 g/mol. The van der Waals surface area contributed by atoms with Crippen LogP contribution in [0.15, 0.2) is 24.3 Å². The van der Waals surface area contributed by atoms with Crippen molar-refractivity contribution in [3.63, 3.8) is 0 Å². The van der Waals surface area contributed by atoms with E-state index in [1.165, 1.54) is 11.1 Å². The Morgan fingerprint density at radius 2 is 2.28 bits per heavy atom. The number of benzene rings is 1. The number of halogens is 1. The molecule has 4 rings (SSSR count). The molecule has 0 saturated carbocycles. The van der Waals surface area contributed by atoms with E-state index >= 15 is 0 Å². The van der Waals surface area contributed by atoms with E-state index in [-0.39, 0.29) is 11.5 Å². The fraction of sp³-hybridized carbons (Fsp3) is 0.600. The minimum atomic E-state index is -0.431. The molecule has 136 valence electrons. The second kappa shape index (κ2) is 6.19. The normalized spacial score (nSPS) is 35.5. The number of aliphatic hydroxyl groups is 1. The van der Waals surface area contributed by atoms with E-state index in [1.54, 1.807) is 7.11 Å². The molecule has 4 nitrogen and oxygen atoms in total. The van der Waals surface area contributed by atoms with Gasteiger partial charge >= 0.3 is 0 Å². The molecule has 25 heavy (non-hydrogen) atoms. The molecule has 1 aliphatic carbocycles. The highest BCUT2D eigenvalue weighted by Gasteiger charge is 2.54. The smallest absolute Gasteiger partial charge is 0.166 e. The van der Waals surface area contributed by atoms with Gasteiger partial charge < -0.3 is 19.1 Å². The van der Waals surface area contributed by atoms with Crippen molar-refractivity contribution in [2.24, 2.45) is 0 Å². The monoisotopic (exact) mass is 364 g/mol. The molecule has 1 aromatic rings. The van der Waals surface area contributed by atoms with E-state index in [4.69, 9.17) is 21.1 Å². The summed E-state index contributed by atoms with van der Waals surface area (Å²) < 4.78 is 12.9. The van der Waals surface area contributed by atoms with Crippen LogP contribution >= 0.6 is 11.6 Å². The predicted molar refractivity (Wildman–Crippen MR) is 98.4 cm³/mol. The lowest BCUT2D eigenvalue weighted by Crippen LogP contribution is -2.47. The molecule has 0 amide bonds. The summed E-state index contributed by atoms with van der Waals surface area (Å²) in [5.41, 5.74) is 2.48. The van der Waals surface area contributed by atoms with Crippen LogP contribution in [0.5, 0.6) is 11.5 Å². The molecule has 0 saturated heterocycles. The van der Waals surface area contributed by atoms with E-state index in [9.17, 15) is 5.11 Å². The summed E-state index contributed by atoms with van der Waals surface area (Å²) in [5.74, 6) is 2.39. The van der Waals surface area contributed by atoms with E-state index in [0.29, 0.717) is 12.3 Å². The van der Waals surface area contributed by atoms with Gasteiger partial charge in [0.15, 0.2) is 11.5 Å². The first-order valence-corrected chi connectivity index (χ1v) is 9.69. The third-order valence-electron chi connectivity index (χ3n) is 6.25. The Bertz CT molecular complexity index is 706. The Morgan fingerprint density at radius 3 is 3.04 bits per heavy atom. The number of aliphatic hydroxyl groups excluding tert-OH is 1. The maximum Gasteiger partial charge on any atom is 0.166 e. The minimum Gasteiger partial charge on any atom is -0.493 e. The molecule has 3 aliphatic rings. The molecule has 2 heterocycles. The molecule has 2 aliphatic heterocycles. The van der Waals surface area contributed by atoms with Gasteiger partial charge in [-0.2, -0.15) is 0 Å². The zero-order valence-electron chi connectivity index (χ0n) is 15.0. The van der Waals surface area contributed by atoms with Crippen LogP contribution in [0.4, 0.5) is 0 Å². The number of alkyl halides is 1. The second-order valence-electron chi connectivity index (χ2n) is 7.96. The number of quaternary nitrogens is 1. The van der Waals surface area contributed by atoms with Crippen LogP contribution in [-0.4, -0.2) is 54.9 Å². The molecular formula is C20H27ClNO3+. The maximum atomic E-state index is 10.1. The molecule has 1 aromatic carbocycles. The van der Waals surface area contributed by atoms with Gasteiger partial charge in [-0.3, -0.25) is 0 Å². The first kappa shape index (κ1) is 17.2. The number of methoxy groups -OCH3 is 1. The summed E-state index contributed by atoms with van der Waals surface area (Å²) >= 11 is 5.97. The average Bonchev–Trinajstić information content (AvgIpc) is 2.87. The Kier molecular flexibility index (Phi) is 4.25. The van der Waals surface area contributed by atoms with Gasteiger partial charge in [-0.15, -0.1) is 11.6 Å². The molecule has 0 radical (unpaired) electrons. The standard InChI is InChI=1S/C20H27ClNO3/c1-22(10-3-9-21)11-8-20-7-6-15(23)12-17(20)25-19-16(24-2)5-4-14(13-22)18(19)20/h4-7,15,17,23H,3,8-13H2,1-2H3/q+1/t15?,17-,20-,22?/m0/s1. The molecule has 0 fully saturated rings. The summed E-state index contributed by atoms with van der Waals surface area (Å²) in [6, 6.07) is 4.23. The predicted octanol–water partition coefficient (Wildman–Crippen LogP) is 2.99. The van der Waals surface area contributed by atoms with E-state index < -0.39 is 6.10 Å². The molecule has 5 heteroatoms. The van der Waals surface area contributed by atoms with Gasteiger partial charge in [-0.1, -0.05) is 12.2 Å². The first-order valence-electron chi connectivity index (χ1n) is 9.15. The van der Waals surface area contributed by atoms with Crippen molar-refractivity contribution >= 4 is 11.6 Å². The Labute approximate surface area is 154 Å². The molecule has 4 atom stereocenters. The third-order valence-corrected chi connectivity index (χ3v) is 6.52. The van der Waals surface area contributed by atoms with Crippen molar-refractivity contribution in [2.75, 3.05) is 33.1 Å². The first-order chi connectivity index (χ1) is 12.0. The third kappa shape index (κ3) is 2.66. The van der Waals surface area contributed by atoms with Crippen LogP contribution < -0.4 is 9.47 Å². The van der Waals surface area contributed by atoms with Gasteiger partial charge in [-0.25, -0.2) is 0 Å².